The topological polar surface area (TPSA) is 35.0 Å². The summed E-state index contributed by atoms with van der Waals surface area (Å²) in [6.45, 7) is 4.08. The van der Waals surface area contributed by atoms with Crippen molar-refractivity contribution in [1.29, 1.82) is 0 Å². The minimum Gasteiger partial charge on any atom is -0.497 e. The average molecular weight is 299 g/mol. The molecule has 3 nitrogen and oxygen atoms in total. The highest BCUT2D eigenvalue weighted by Crippen LogP contribution is 2.28. The van der Waals surface area contributed by atoms with Crippen LogP contribution in [0.5, 0.6) is 5.75 Å². The predicted octanol–water partition coefficient (Wildman–Crippen LogP) is 4.58. The molecule has 0 amide bonds. The third kappa shape index (κ3) is 2.57. The van der Waals surface area contributed by atoms with E-state index in [0.717, 1.165) is 33.3 Å². The number of aromatic nitrogens is 2. The Balaban J connectivity index is 2.19. The SMILES string of the molecule is COc1ccc(-c2nc(Cl)c3cc(C)cc(C)c3n2)cc1. The van der Waals surface area contributed by atoms with Crippen LogP contribution in [0.1, 0.15) is 11.1 Å². The number of halogens is 1. The van der Waals surface area contributed by atoms with Gasteiger partial charge in [0.05, 0.1) is 12.6 Å². The molecule has 0 fully saturated rings. The van der Waals surface area contributed by atoms with Crippen LogP contribution in [0.3, 0.4) is 0 Å². The fourth-order valence-corrected chi connectivity index (χ4v) is 2.64. The lowest BCUT2D eigenvalue weighted by atomic mass is 10.1. The average Bonchev–Trinajstić information content (AvgIpc) is 2.48. The minimum atomic E-state index is 0.484. The second-order valence-electron chi connectivity index (χ2n) is 5.04. The van der Waals surface area contributed by atoms with E-state index in [0.29, 0.717) is 11.0 Å². The maximum Gasteiger partial charge on any atom is 0.161 e. The molecule has 3 aromatic rings. The highest BCUT2D eigenvalue weighted by atomic mass is 35.5. The van der Waals surface area contributed by atoms with Crippen molar-refractivity contribution in [1.82, 2.24) is 9.97 Å². The predicted molar refractivity (Wildman–Crippen MR) is 86.0 cm³/mol. The Morgan fingerprint density at radius 2 is 1.71 bits per heavy atom. The molecular weight excluding hydrogens is 284 g/mol. The molecule has 0 radical (unpaired) electrons. The van der Waals surface area contributed by atoms with Gasteiger partial charge in [-0.2, -0.15) is 0 Å². The van der Waals surface area contributed by atoms with Crippen LogP contribution in [0, 0.1) is 13.8 Å². The summed E-state index contributed by atoms with van der Waals surface area (Å²) in [4.78, 5) is 9.09. The zero-order valence-corrected chi connectivity index (χ0v) is 12.9. The van der Waals surface area contributed by atoms with Crippen LogP contribution in [0.25, 0.3) is 22.3 Å². The van der Waals surface area contributed by atoms with Crippen LogP contribution in [-0.4, -0.2) is 17.1 Å². The summed E-state index contributed by atoms with van der Waals surface area (Å²) in [5.41, 5.74) is 4.07. The van der Waals surface area contributed by atoms with Crippen LogP contribution in [0.15, 0.2) is 36.4 Å². The number of fused-ring (bicyclic) bond motifs is 1. The van der Waals surface area contributed by atoms with Crippen molar-refractivity contribution in [3.8, 4) is 17.1 Å². The van der Waals surface area contributed by atoms with Gasteiger partial charge in [-0.1, -0.05) is 23.2 Å². The Morgan fingerprint density at radius 3 is 2.38 bits per heavy atom. The largest absolute Gasteiger partial charge is 0.497 e. The maximum absolute atomic E-state index is 6.34. The van der Waals surface area contributed by atoms with Crippen LogP contribution in [0.2, 0.25) is 5.15 Å². The van der Waals surface area contributed by atoms with Crippen molar-refractivity contribution < 1.29 is 4.74 Å². The number of ether oxygens (including phenoxy) is 1. The first kappa shape index (κ1) is 13.8. The van der Waals surface area contributed by atoms with Gasteiger partial charge in [0.1, 0.15) is 10.9 Å². The summed E-state index contributed by atoms with van der Waals surface area (Å²) in [5, 5.41) is 1.38. The monoisotopic (exact) mass is 298 g/mol. The molecule has 0 unspecified atom stereocenters. The zero-order valence-electron chi connectivity index (χ0n) is 12.1. The van der Waals surface area contributed by atoms with E-state index in [2.05, 4.69) is 16.0 Å². The lowest BCUT2D eigenvalue weighted by Crippen LogP contribution is -1.94. The van der Waals surface area contributed by atoms with E-state index < -0.39 is 0 Å². The van der Waals surface area contributed by atoms with Crippen molar-refractivity contribution in [2.24, 2.45) is 0 Å². The van der Waals surface area contributed by atoms with Crippen LogP contribution in [0.4, 0.5) is 0 Å². The molecule has 3 rings (SSSR count). The molecule has 0 spiro atoms. The van der Waals surface area contributed by atoms with E-state index in [-0.39, 0.29) is 0 Å². The zero-order chi connectivity index (χ0) is 15.0. The molecule has 2 aromatic carbocycles. The number of methoxy groups -OCH3 is 1. The van der Waals surface area contributed by atoms with Crippen LogP contribution < -0.4 is 4.74 Å². The fraction of sp³-hybridized carbons (Fsp3) is 0.176. The van der Waals surface area contributed by atoms with Crippen molar-refractivity contribution in [3.05, 3.63) is 52.7 Å². The highest BCUT2D eigenvalue weighted by Gasteiger charge is 2.10. The quantitative estimate of drug-likeness (QED) is 0.650. The number of hydrogen-bond acceptors (Lipinski definition) is 3. The smallest absolute Gasteiger partial charge is 0.161 e. The number of benzene rings is 2. The summed E-state index contributed by atoms with van der Waals surface area (Å²) < 4.78 is 5.16. The van der Waals surface area contributed by atoms with E-state index in [9.17, 15) is 0 Å². The molecule has 0 saturated heterocycles. The summed E-state index contributed by atoms with van der Waals surface area (Å²) in [5.74, 6) is 1.43. The van der Waals surface area contributed by atoms with Gasteiger partial charge in [0.2, 0.25) is 0 Å². The number of hydrogen-bond donors (Lipinski definition) is 0. The minimum absolute atomic E-state index is 0.484. The van der Waals surface area contributed by atoms with Gasteiger partial charge in [-0.3, -0.25) is 0 Å². The lowest BCUT2D eigenvalue weighted by molar-refractivity contribution is 0.415. The maximum atomic E-state index is 6.34. The van der Waals surface area contributed by atoms with Crippen LogP contribution >= 0.6 is 11.6 Å². The number of aryl methyl sites for hydroxylation is 2. The lowest BCUT2D eigenvalue weighted by Gasteiger charge is -2.08. The molecule has 1 aromatic heterocycles. The van der Waals surface area contributed by atoms with E-state index >= 15 is 0 Å². The van der Waals surface area contributed by atoms with E-state index in [1.54, 1.807) is 7.11 Å². The molecule has 1 heterocycles. The molecule has 0 saturated carbocycles. The first-order valence-corrected chi connectivity index (χ1v) is 7.05. The second kappa shape index (κ2) is 5.34. The summed E-state index contributed by atoms with van der Waals surface area (Å²) >= 11 is 6.34. The molecule has 0 aliphatic carbocycles. The van der Waals surface area contributed by atoms with Gasteiger partial charge in [0.25, 0.3) is 0 Å². The van der Waals surface area contributed by atoms with E-state index in [1.807, 2.05) is 44.2 Å². The number of nitrogens with zero attached hydrogens (tertiary/aromatic N) is 2. The molecule has 106 valence electrons. The number of rotatable bonds is 2. The normalized spacial score (nSPS) is 10.9. The summed E-state index contributed by atoms with van der Waals surface area (Å²) in [6, 6.07) is 11.8. The molecule has 0 N–H and O–H groups in total. The van der Waals surface area contributed by atoms with Crippen molar-refractivity contribution in [2.45, 2.75) is 13.8 Å². The molecule has 0 aliphatic heterocycles. The van der Waals surface area contributed by atoms with Gasteiger partial charge in [-0.05, 0) is 49.7 Å². The highest BCUT2D eigenvalue weighted by molar-refractivity contribution is 6.34. The molecule has 21 heavy (non-hydrogen) atoms. The fourth-order valence-electron chi connectivity index (χ4n) is 2.42. The summed E-state index contributed by atoms with van der Waals surface area (Å²) in [6.07, 6.45) is 0. The van der Waals surface area contributed by atoms with E-state index in [1.165, 1.54) is 0 Å². The van der Waals surface area contributed by atoms with Gasteiger partial charge in [0, 0.05) is 10.9 Å². The third-order valence-electron chi connectivity index (χ3n) is 3.44. The van der Waals surface area contributed by atoms with Gasteiger partial charge in [-0.15, -0.1) is 0 Å². The molecule has 4 heteroatoms. The Labute approximate surface area is 128 Å². The van der Waals surface area contributed by atoms with Gasteiger partial charge in [0.15, 0.2) is 5.82 Å². The van der Waals surface area contributed by atoms with Gasteiger partial charge >= 0.3 is 0 Å². The Bertz CT molecular complexity index is 813. The molecule has 0 bridgehead atoms. The van der Waals surface area contributed by atoms with Crippen molar-refractivity contribution in [3.63, 3.8) is 0 Å². The molecule has 0 atom stereocenters. The molecule has 0 aliphatic rings. The van der Waals surface area contributed by atoms with E-state index in [4.69, 9.17) is 16.3 Å². The van der Waals surface area contributed by atoms with Gasteiger partial charge in [-0.25, -0.2) is 9.97 Å². The standard InChI is InChI=1S/C17H15ClN2O/c1-10-8-11(2)15-14(9-10)16(18)20-17(19-15)12-4-6-13(21-3)7-5-12/h4-9H,1-3H3. The summed E-state index contributed by atoms with van der Waals surface area (Å²) in [7, 11) is 1.64. The van der Waals surface area contributed by atoms with Crippen molar-refractivity contribution in [2.75, 3.05) is 7.11 Å². The Morgan fingerprint density at radius 1 is 1.00 bits per heavy atom. The Hall–Kier alpha value is -2.13. The second-order valence-corrected chi connectivity index (χ2v) is 5.40. The van der Waals surface area contributed by atoms with Crippen LogP contribution in [-0.2, 0) is 0 Å². The van der Waals surface area contributed by atoms with Crippen molar-refractivity contribution >= 4 is 22.5 Å². The third-order valence-corrected chi connectivity index (χ3v) is 3.73. The van der Waals surface area contributed by atoms with Gasteiger partial charge < -0.3 is 4.74 Å². The first-order valence-electron chi connectivity index (χ1n) is 6.67. The first-order chi connectivity index (χ1) is 10.1. The molecular formula is C17H15ClN2O. The Kier molecular flexibility index (Phi) is 3.52.